The second-order valence-corrected chi connectivity index (χ2v) is 6.33. The fourth-order valence-electron chi connectivity index (χ4n) is 2.24. The summed E-state index contributed by atoms with van der Waals surface area (Å²) in [6, 6.07) is 0.217. The first kappa shape index (κ1) is 15.4. The number of nitrogens with two attached hydrogens (primary N) is 1. The maximum absolute atomic E-state index is 12.2. The lowest BCUT2D eigenvalue weighted by Gasteiger charge is -2.39. The maximum atomic E-state index is 12.2. The van der Waals surface area contributed by atoms with Gasteiger partial charge in [0.2, 0.25) is 5.91 Å². The number of piperidine rings is 1. The van der Waals surface area contributed by atoms with E-state index < -0.39 is 0 Å². The Balaban J connectivity index is 2.54. The van der Waals surface area contributed by atoms with Crippen LogP contribution in [0.25, 0.3) is 0 Å². The quantitative estimate of drug-likeness (QED) is 0.797. The van der Waals surface area contributed by atoms with E-state index in [1.807, 2.05) is 6.92 Å². The number of amides is 1. The molecule has 1 aliphatic rings. The lowest BCUT2D eigenvalue weighted by molar-refractivity contribution is -0.128. The molecule has 0 radical (unpaired) electrons. The summed E-state index contributed by atoms with van der Waals surface area (Å²) in [4.78, 5) is 14.5. The van der Waals surface area contributed by atoms with E-state index in [4.69, 9.17) is 5.73 Å². The van der Waals surface area contributed by atoms with Gasteiger partial charge in [0.25, 0.3) is 0 Å². The minimum Gasteiger partial charge on any atom is -0.350 e. The third-order valence-corrected chi connectivity index (χ3v) is 4.28. The summed E-state index contributed by atoms with van der Waals surface area (Å²) in [6.45, 7) is 12.2. The van der Waals surface area contributed by atoms with E-state index in [1.54, 1.807) is 0 Å². The standard InChI is InChI=1S/C14H29N3O/c1-6-14(4,5)16-13(18)11(3)17-8-7-12(15)10(2)9-17/h10-12H,6-9,15H2,1-5H3,(H,16,18). The van der Waals surface area contributed by atoms with E-state index >= 15 is 0 Å². The van der Waals surface area contributed by atoms with Gasteiger partial charge >= 0.3 is 0 Å². The fraction of sp³-hybridized carbons (Fsp3) is 0.929. The van der Waals surface area contributed by atoms with Gasteiger partial charge in [-0.15, -0.1) is 0 Å². The molecule has 1 saturated heterocycles. The largest absolute Gasteiger partial charge is 0.350 e. The molecule has 0 saturated carbocycles. The number of carbonyl (C=O) groups is 1. The maximum Gasteiger partial charge on any atom is 0.237 e. The van der Waals surface area contributed by atoms with Crippen molar-refractivity contribution in [1.82, 2.24) is 10.2 Å². The van der Waals surface area contributed by atoms with Crippen molar-refractivity contribution in [3.8, 4) is 0 Å². The van der Waals surface area contributed by atoms with Gasteiger partial charge in [-0.05, 0) is 39.5 Å². The molecule has 0 aromatic carbocycles. The molecular weight excluding hydrogens is 226 g/mol. The average molecular weight is 255 g/mol. The zero-order chi connectivity index (χ0) is 13.9. The molecule has 0 aliphatic carbocycles. The van der Waals surface area contributed by atoms with Gasteiger partial charge in [0, 0.05) is 24.7 Å². The molecule has 3 N–H and O–H groups in total. The van der Waals surface area contributed by atoms with Crippen molar-refractivity contribution in [2.75, 3.05) is 13.1 Å². The highest BCUT2D eigenvalue weighted by Gasteiger charge is 2.30. The molecule has 1 rings (SSSR count). The molecule has 1 fully saturated rings. The molecule has 0 aromatic rings. The summed E-state index contributed by atoms with van der Waals surface area (Å²) in [5, 5.41) is 3.12. The summed E-state index contributed by atoms with van der Waals surface area (Å²) in [5.41, 5.74) is 5.89. The second kappa shape index (κ2) is 6.02. The van der Waals surface area contributed by atoms with Crippen molar-refractivity contribution in [3.63, 3.8) is 0 Å². The monoisotopic (exact) mass is 255 g/mol. The summed E-state index contributed by atoms with van der Waals surface area (Å²) in [6.07, 6.45) is 1.92. The van der Waals surface area contributed by atoms with Gasteiger partial charge in [-0.25, -0.2) is 0 Å². The Hall–Kier alpha value is -0.610. The molecular formula is C14H29N3O. The zero-order valence-electron chi connectivity index (χ0n) is 12.5. The average Bonchev–Trinajstić information content (AvgIpc) is 2.31. The van der Waals surface area contributed by atoms with E-state index in [0.29, 0.717) is 5.92 Å². The lowest BCUT2D eigenvalue weighted by atomic mass is 9.93. The summed E-state index contributed by atoms with van der Waals surface area (Å²) in [7, 11) is 0. The first-order valence-electron chi connectivity index (χ1n) is 7.08. The molecule has 106 valence electrons. The van der Waals surface area contributed by atoms with Crippen molar-refractivity contribution < 1.29 is 4.79 Å². The highest BCUT2D eigenvalue weighted by molar-refractivity contribution is 5.82. The molecule has 1 amide bonds. The van der Waals surface area contributed by atoms with E-state index in [0.717, 1.165) is 25.9 Å². The minimum atomic E-state index is -0.122. The van der Waals surface area contributed by atoms with Crippen LogP contribution in [0.5, 0.6) is 0 Å². The van der Waals surface area contributed by atoms with Crippen molar-refractivity contribution in [3.05, 3.63) is 0 Å². The normalized spacial score (nSPS) is 27.9. The van der Waals surface area contributed by atoms with Crippen molar-refractivity contribution in [2.24, 2.45) is 11.7 Å². The molecule has 0 aromatic heterocycles. The van der Waals surface area contributed by atoms with Gasteiger partial charge < -0.3 is 11.1 Å². The van der Waals surface area contributed by atoms with Gasteiger partial charge in [0.05, 0.1) is 6.04 Å². The highest BCUT2D eigenvalue weighted by Crippen LogP contribution is 2.18. The minimum absolute atomic E-state index is 0.0641. The third kappa shape index (κ3) is 3.95. The zero-order valence-corrected chi connectivity index (χ0v) is 12.5. The van der Waals surface area contributed by atoms with Gasteiger partial charge in [0.1, 0.15) is 0 Å². The molecule has 4 nitrogen and oxygen atoms in total. The van der Waals surface area contributed by atoms with Gasteiger partial charge in [-0.1, -0.05) is 13.8 Å². The molecule has 1 aliphatic heterocycles. The number of nitrogens with zero attached hydrogens (tertiary/aromatic N) is 1. The molecule has 0 bridgehead atoms. The summed E-state index contributed by atoms with van der Waals surface area (Å²) in [5.74, 6) is 0.595. The van der Waals surface area contributed by atoms with Crippen LogP contribution >= 0.6 is 0 Å². The number of nitrogens with one attached hydrogen (secondary N) is 1. The predicted octanol–water partition coefficient (Wildman–Crippen LogP) is 1.35. The van der Waals surface area contributed by atoms with Crippen LogP contribution in [0.4, 0.5) is 0 Å². The fourth-order valence-corrected chi connectivity index (χ4v) is 2.24. The first-order chi connectivity index (χ1) is 8.26. The van der Waals surface area contributed by atoms with Gasteiger partial charge in [-0.3, -0.25) is 9.69 Å². The Kier molecular flexibility index (Phi) is 5.17. The van der Waals surface area contributed by atoms with E-state index in [9.17, 15) is 4.79 Å². The van der Waals surface area contributed by atoms with Crippen LogP contribution < -0.4 is 11.1 Å². The van der Waals surface area contributed by atoms with Crippen molar-refractivity contribution in [2.45, 2.75) is 65.1 Å². The Bertz CT molecular complexity index is 291. The second-order valence-electron chi connectivity index (χ2n) is 6.33. The summed E-state index contributed by atoms with van der Waals surface area (Å²) >= 11 is 0. The number of hydrogen-bond donors (Lipinski definition) is 2. The Labute approximate surface area is 111 Å². The van der Waals surface area contributed by atoms with Crippen LogP contribution in [0.3, 0.4) is 0 Å². The third-order valence-electron chi connectivity index (χ3n) is 4.28. The van der Waals surface area contributed by atoms with Crippen LogP contribution in [0.15, 0.2) is 0 Å². The van der Waals surface area contributed by atoms with E-state index in [2.05, 4.69) is 37.9 Å². The molecule has 0 spiro atoms. The van der Waals surface area contributed by atoms with Crippen molar-refractivity contribution >= 4 is 5.91 Å². The van der Waals surface area contributed by atoms with Crippen LogP contribution in [0.1, 0.15) is 47.5 Å². The number of carbonyl (C=O) groups excluding carboxylic acids is 1. The van der Waals surface area contributed by atoms with Crippen LogP contribution in [0, 0.1) is 5.92 Å². The van der Waals surface area contributed by atoms with Crippen LogP contribution in [0.2, 0.25) is 0 Å². The Morgan fingerprint density at radius 1 is 1.56 bits per heavy atom. The van der Waals surface area contributed by atoms with Gasteiger partial charge in [0.15, 0.2) is 0 Å². The van der Waals surface area contributed by atoms with Crippen molar-refractivity contribution in [1.29, 1.82) is 0 Å². The molecule has 4 heteroatoms. The Morgan fingerprint density at radius 2 is 2.17 bits per heavy atom. The first-order valence-corrected chi connectivity index (χ1v) is 7.08. The summed E-state index contributed by atoms with van der Waals surface area (Å²) < 4.78 is 0. The smallest absolute Gasteiger partial charge is 0.237 e. The lowest BCUT2D eigenvalue weighted by Crippen LogP contribution is -2.56. The van der Waals surface area contributed by atoms with E-state index in [1.165, 1.54) is 0 Å². The Morgan fingerprint density at radius 3 is 2.67 bits per heavy atom. The topological polar surface area (TPSA) is 58.4 Å². The number of likely N-dealkylation sites (tertiary alicyclic amines) is 1. The number of rotatable bonds is 4. The SMILES string of the molecule is CCC(C)(C)NC(=O)C(C)N1CCC(N)C(C)C1. The molecule has 1 heterocycles. The molecule has 3 atom stereocenters. The number of hydrogen-bond acceptors (Lipinski definition) is 3. The van der Waals surface area contributed by atoms with Crippen LogP contribution in [-0.2, 0) is 4.79 Å². The van der Waals surface area contributed by atoms with E-state index in [-0.39, 0.29) is 23.5 Å². The predicted molar refractivity (Wildman–Crippen MR) is 75.3 cm³/mol. The molecule has 3 unspecified atom stereocenters. The van der Waals surface area contributed by atoms with Gasteiger partial charge in [-0.2, -0.15) is 0 Å². The highest BCUT2D eigenvalue weighted by atomic mass is 16.2. The molecule has 18 heavy (non-hydrogen) atoms. The van der Waals surface area contributed by atoms with Crippen LogP contribution in [-0.4, -0.2) is 41.5 Å².